The fraction of sp³-hybridized carbons (Fsp3) is 0.462. The first-order valence-electron chi connectivity index (χ1n) is 11.4. The second-order valence-corrected chi connectivity index (χ2v) is 8.79. The van der Waals surface area contributed by atoms with Crippen molar-refractivity contribution < 1.29 is 28.4 Å². The van der Waals surface area contributed by atoms with Crippen molar-refractivity contribution in [2.45, 2.75) is 49.7 Å². The quantitative estimate of drug-likeness (QED) is 0.644. The molecule has 5 rings (SSSR count). The summed E-state index contributed by atoms with van der Waals surface area (Å²) in [5, 5.41) is 0. The first-order valence-corrected chi connectivity index (χ1v) is 11.4. The number of hydrogen-bond acceptors (Lipinski definition) is 8. The van der Waals surface area contributed by atoms with Crippen LogP contribution in [0.5, 0.6) is 0 Å². The number of nitrogens with zero attached hydrogens (tertiary/aromatic N) is 2. The average molecular weight is 467 g/mol. The lowest BCUT2D eigenvalue weighted by Crippen LogP contribution is -2.68. The molecule has 1 fully saturated rings. The maximum absolute atomic E-state index is 6.47. The number of ether oxygens (including phenoxy) is 6. The van der Waals surface area contributed by atoms with E-state index in [0.29, 0.717) is 25.0 Å². The van der Waals surface area contributed by atoms with Gasteiger partial charge < -0.3 is 28.4 Å². The molecule has 2 aromatic carbocycles. The summed E-state index contributed by atoms with van der Waals surface area (Å²) in [5.74, 6) is -1.60. The Bertz CT molecular complexity index is 976. The molecule has 0 unspecified atom stereocenters. The topological polar surface area (TPSA) is 80.1 Å². The maximum atomic E-state index is 6.47. The molecule has 0 N–H and O–H groups in total. The molecule has 0 spiro atoms. The van der Waals surface area contributed by atoms with Crippen molar-refractivity contribution in [3.8, 4) is 0 Å². The van der Waals surface area contributed by atoms with Crippen LogP contribution in [0.2, 0.25) is 0 Å². The van der Waals surface area contributed by atoms with E-state index in [4.69, 9.17) is 38.4 Å². The van der Waals surface area contributed by atoms with Gasteiger partial charge in [0.2, 0.25) is 23.4 Å². The molecule has 8 heteroatoms. The van der Waals surface area contributed by atoms with Crippen LogP contribution < -0.4 is 0 Å². The van der Waals surface area contributed by atoms with Gasteiger partial charge in [0.15, 0.2) is 12.2 Å². The van der Waals surface area contributed by atoms with Gasteiger partial charge in [-0.2, -0.15) is 0 Å². The van der Waals surface area contributed by atoms with E-state index in [2.05, 4.69) is 0 Å². The van der Waals surface area contributed by atoms with Gasteiger partial charge in [0.25, 0.3) is 0 Å². The standard InChI is InChI=1S/C26H30N2O6/c1-25(29-3)26(2,30-4)34-22(24-28-20(16-32-24)18-13-9-6-10-14-18)21(33-25)23-27-19(15-31-23)17-11-7-5-8-12-17/h5-14,19-22H,15-16H2,1-4H3/t19-,20-,21+,22+,25+,26+/m0/s1. The van der Waals surface area contributed by atoms with E-state index in [1.165, 1.54) is 0 Å². The molecule has 0 saturated carbocycles. The molecule has 6 atom stereocenters. The lowest BCUT2D eigenvalue weighted by atomic mass is 10.0. The Hall–Kier alpha value is -2.78. The van der Waals surface area contributed by atoms with Crippen LogP contribution in [0.4, 0.5) is 0 Å². The van der Waals surface area contributed by atoms with E-state index in [-0.39, 0.29) is 12.1 Å². The number of aliphatic imine (C=N–C) groups is 2. The van der Waals surface area contributed by atoms with E-state index in [1.807, 2.05) is 60.7 Å². The third-order valence-electron chi connectivity index (χ3n) is 6.78. The van der Waals surface area contributed by atoms with Gasteiger partial charge in [0, 0.05) is 14.2 Å². The fourth-order valence-electron chi connectivity index (χ4n) is 4.44. The van der Waals surface area contributed by atoms with Gasteiger partial charge >= 0.3 is 0 Å². The zero-order chi connectivity index (χ0) is 23.8. The Morgan fingerprint density at radius 3 is 1.41 bits per heavy atom. The lowest BCUT2D eigenvalue weighted by molar-refractivity contribution is -0.433. The number of rotatable bonds is 6. The molecular weight excluding hydrogens is 436 g/mol. The Morgan fingerprint density at radius 1 is 0.676 bits per heavy atom. The van der Waals surface area contributed by atoms with E-state index < -0.39 is 23.8 Å². The lowest BCUT2D eigenvalue weighted by Gasteiger charge is -2.51. The molecule has 3 heterocycles. The number of methoxy groups -OCH3 is 2. The summed E-state index contributed by atoms with van der Waals surface area (Å²) in [6.07, 6.45) is -1.45. The molecule has 8 nitrogen and oxygen atoms in total. The molecule has 0 amide bonds. The Labute approximate surface area is 199 Å². The van der Waals surface area contributed by atoms with Crippen LogP contribution in [0.15, 0.2) is 70.6 Å². The first-order chi connectivity index (χ1) is 16.5. The molecule has 0 radical (unpaired) electrons. The fourth-order valence-corrected chi connectivity index (χ4v) is 4.44. The molecule has 3 aliphatic rings. The third-order valence-corrected chi connectivity index (χ3v) is 6.78. The van der Waals surface area contributed by atoms with E-state index in [1.54, 1.807) is 28.1 Å². The van der Waals surface area contributed by atoms with Crippen LogP contribution in [-0.4, -0.2) is 63.0 Å². The molecule has 0 aliphatic carbocycles. The van der Waals surface area contributed by atoms with Crippen molar-refractivity contribution in [3.05, 3.63) is 71.8 Å². The minimum atomic E-state index is -1.22. The Morgan fingerprint density at radius 2 is 1.06 bits per heavy atom. The number of hydrogen-bond donors (Lipinski definition) is 0. The van der Waals surface area contributed by atoms with Gasteiger partial charge in [-0.1, -0.05) is 60.7 Å². The molecule has 180 valence electrons. The summed E-state index contributed by atoms with van der Waals surface area (Å²) in [7, 11) is 3.11. The average Bonchev–Trinajstić information content (AvgIpc) is 3.57. The zero-order valence-electron chi connectivity index (χ0n) is 19.8. The van der Waals surface area contributed by atoms with Gasteiger partial charge in [0.1, 0.15) is 25.3 Å². The van der Waals surface area contributed by atoms with E-state index in [9.17, 15) is 0 Å². The highest BCUT2D eigenvalue weighted by atomic mass is 16.8. The van der Waals surface area contributed by atoms with E-state index in [0.717, 1.165) is 11.1 Å². The van der Waals surface area contributed by atoms with Crippen LogP contribution in [0.1, 0.15) is 37.1 Å². The highest BCUT2D eigenvalue weighted by Crippen LogP contribution is 2.42. The van der Waals surface area contributed by atoms with Crippen LogP contribution in [0, 0.1) is 0 Å². The maximum Gasteiger partial charge on any atom is 0.221 e. The smallest absolute Gasteiger partial charge is 0.221 e. The normalized spacial score (nSPS) is 35.3. The molecule has 2 aromatic rings. The molecule has 0 aromatic heterocycles. The van der Waals surface area contributed by atoms with Gasteiger partial charge in [0.05, 0.1) is 0 Å². The van der Waals surface area contributed by atoms with Crippen molar-refractivity contribution in [2.24, 2.45) is 9.98 Å². The largest absolute Gasteiger partial charge is 0.476 e. The highest BCUT2D eigenvalue weighted by molar-refractivity contribution is 5.93. The van der Waals surface area contributed by atoms with Gasteiger partial charge in [-0.05, 0) is 25.0 Å². The second kappa shape index (κ2) is 9.11. The first kappa shape index (κ1) is 23.0. The Balaban J connectivity index is 1.49. The summed E-state index contributed by atoms with van der Waals surface area (Å²) < 4.78 is 36.5. The highest BCUT2D eigenvalue weighted by Gasteiger charge is 2.60. The summed E-state index contributed by atoms with van der Waals surface area (Å²) in [6, 6.07) is 19.8. The monoisotopic (exact) mass is 466 g/mol. The minimum Gasteiger partial charge on any atom is -0.476 e. The second-order valence-electron chi connectivity index (χ2n) is 8.79. The van der Waals surface area contributed by atoms with Crippen LogP contribution in [0.25, 0.3) is 0 Å². The van der Waals surface area contributed by atoms with Crippen LogP contribution >= 0.6 is 0 Å². The molecular formula is C26H30N2O6. The zero-order valence-corrected chi connectivity index (χ0v) is 19.8. The van der Waals surface area contributed by atoms with Crippen molar-refractivity contribution in [1.29, 1.82) is 0 Å². The molecule has 34 heavy (non-hydrogen) atoms. The van der Waals surface area contributed by atoms with Gasteiger partial charge in [-0.15, -0.1) is 0 Å². The molecule has 1 saturated heterocycles. The molecule has 3 aliphatic heterocycles. The van der Waals surface area contributed by atoms with Crippen molar-refractivity contribution in [1.82, 2.24) is 0 Å². The summed E-state index contributed by atoms with van der Waals surface area (Å²) >= 11 is 0. The van der Waals surface area contributed by atoms with Crippen molar-refractivity contribution >= 4 is 11.8 Å². The van der Waals surface area contributed by atoms with Gasteiger partial charge in [-0.3, -0.25) is 0 Å². The SMILES string of the molecule is CO[C@]1(C)O[C@@H](C2=N[C@H](c3ccccc3)CO2)[C@H](C2=N[C@H](c3ccccc3)CO2)O[C@@]1(C)OC. The summed E-state index contributed by atoms with van der Waals surface area (Å²) in [5.41, 5.74) is 2.14. The summed E-state index contributed by atoms with van der Waals surface area (Å²) in [4.78, 5) is 9.67. The minimum absolute atomic E-state index is 0.131. The van der Waals surface area contributed by atoms with Crippen LogP contribution in [0.3, 0.4) is 0 Å². The van der Waals surface area contributed by atoms with Crippen molar-refractivity contribution in [3.63, 3.8) is 0 Å². The van der Waals surface area contributed by atoms with E-state index >= 15 is 0 Å². The van der Waals surface area contributed by atoms with Crippen molar-refractivity contribution in [2.75, 3.05) is 27.4 Å². The summed E-state index contributed by atoms with van der Waals surface area (Å²) in [6.45, 7) is 4.37. The predicted molar refractivity (Wildman–Crippen MR) is 126 cm³/mol. The van der Waals surface area contributed by atoms with Crippen LogP contribution in [-0.2, 0) is 28.4 Å². The number of benzene rings is 2. The van der Waals surface area contributed by atoms with Gasteiger partial charge in [-0.25, -0.2) is 9.98 Å². The molecule has 0 bridgehead atoms. The predicted octanol–water partition coefficient (Wildman–Crippen LogP) is 3.84. The Kier molecular flexibility index (Phi) is 6.16. The third kappa shape index (κ3) is 4.01.